The lowest BCUT2D eigenvalue weighted by molar-refractivity contribution is 0.0111. The maximum atomic E-state index is 12.6. The Morgan fingerprint density at radius 1 is 1.42 bits per heavy atom. The number of halogens is 2. The van der Waals surface area contributed by atoms with Gasteiger partial charge in [0.1, 0.15) is 0 Å². The van der Waals surface area contributed by atoms with E-state index in [0.717, 1.165) is 38.4 Å². The fraction of sp³-hybridized carbons (Fsp3) is 0.714. The molecule has 0 radical (unpaired) electrons. The van der Waals surface area contributed by atoms with Crippen LogP contribution in [0.2, 0.25) is 0 Å². The number of hydrogen-bond acceptors (Lipinski definition) is 3. The number of hydrogen-bond donors (Lipinski definition) is 0. The highest BCUT2D eigenvalue weighted by atomic mass is 19.3. The molecule has 1 heterocycles. The van der Waals surface area contributed by atoms with E-state index in [4.69, 9.17) is 9.47 Å². The molecule has 108 valence electrons. The van der Waals surface area contributed by atoms with Crippen LogP contribution in [0.1, 0.15) is 13.3 Å². The van der Waals surface area contributed by atoms with Crippen LogP contribution in [-0.2, 0) is 9.47 Å². The average Bonchev–Trinajstić information content (AvgIpc) is 2.39. The van der Waals surface area contributed by atoms with Crippen LogP contribution in [0.25, 0.3) is 0 Å². The van der Waals surface area contributed by atoms with Gasteiger partial charge in [-0.2, -0.15) is 0 Å². The van der Waals surface area contributed by atoms with Crippen molar-refractivity contribution in [2.24, 2.45) is 0 Å². The number of nitrogens with zero attached hydrogens (tertiary/aromatic N) is 1. The third-order valence-electron chi connectivity index (χ3n) is 3.57. The molecule has 2 aliphatic rings. The summed E-state index contributed by atoms with van der Waals surface area (Å²) < 4.78 is 36.3. The van der Waals surface area contributed by atoms with E-state index in [1.54, 1.807) is 13.0 Å². The molecule has 0 amide bonds. The minimum atomic E-state index is -2.38. The Labute approximate surface area is 112 Å². The summed E-state index contributed by atoms with van der Waals surface area (Å²) in [4.78, 5) is 2.29. The van der Waals surface area contributed by atoms with Crippen molar-refractivity contribution in [2.45, 2.75) is 25.9 Å². The number of rotatable bonds is 5. The lowest BCUT2D eigenvalue weighted by atomic mass is 9.97. The van der Waals surface area contributed by atoms with E-state index in [0.29, 0.717) is 13.0 Å². The lowest BCUT2D eigenvalue weighted by Gasteiger charge is -2.27. The third kappa shape index (κ3) is 4.37. The molecule has 1 unspecified atom stereocenters. The molecule has 0 aromatic rings. The van der Waals surface area contributed by atoms with Crippen LogP contribution in [0.15, 0.2) is 23.3 Å². The quantitative estimate of drug-likeness (QED) is 0.767. The van der Waals surface area contributed by atoms with Crippen LogP contribution >= 0.6 is 0 Å². The molecular weight excluding hydrogens is 252 g/mol. The molecule has 5 heteroatoms. The maximum Gasteiger partial charge on any atom is 0.263 e. The Balaban J connectivity index is 1.69. The van der Waals surface area contributed by atoms with Crippen LogP contribution in [-0.4, -0.2) is 56.9 Å². The van der Waals surface area contributed by atoms with Gasteiger partial charge in [0, 0.05) is 25.2 Å². The van der Waals surface area contributed by atoms with Gasteiger partial charge in [0.05, 0.1) is 25.9 Å². The minimum Gasteiger partial charge on any atom is -0.379 e. The highest BCUT2D eigenvalue weighted by Crippen LogP contribution is 2.25. The predicted octanol–water partition coefficient (Wildman–Crippen LogP) is 2.25. The first-order chi connectivity index (χ1) is 9.16. The Morgan fingerprint density at radius 3 is 2.79 bits per heavy atom. The second-order valence-corrected chi connectivity index (χ2v) is 4.96. The van der Waals surface area contributed by atoms with Gasteiger partial charge in [-0.05, 0) is 13.3 Å². The summed E-state index contributed by atoms with van der Waals surface area (Å²) >= 11 is 0. The van der Waals surface area contributed by atoms with Gasteiger partial charge < -0.3 is 9.47 Å². The van der Waals surface area contributed by atoms with Gasteiger partial charge in [0.25, 0.3) is 6.43 Å². The van der Waals surface area contributed by atoms with Crippen LogP contribution in [0, 0.1) is 0 Å². The Bertz CT molecular complexity index is 349. The summed E-state index contributed by atoms with van der Waals surface area (Å²) in [6.07, 6.45) is 1.37. The van der Waals surface area contributed by atoms with Gasteiger partial charge in [-0.25, -0.2) is 8.78 Å². The highest BCUT2D eigenvalue weighted by Gasteiger charge is 2.19. The van der Waals surface area contributed by atoms with Gasteiger partial charge >= 0.3 is 0 Å². The van der Waals surface area contributed by atoms with Crippen molar-refractivity contribution in [3.8, 4) is 0 Å². The Morgan fingerprint density at radius 2 is 2.16 bits per heavy atom. The first-order valence-electron chi connectivity index (χ1n) is 6.74. The summed E-state index contributed by atoms with van der Waals surface area (Å²) in [5.74, 6) is 0. The van der Waals surface area contributed by atoms with Gasteiger partial charge in [-0.15, -0.1) is 0 Å². The van der Waals surface area contributed by atoms with Crippen molar-refractivity contribution in [1.29, 1.82) is 0 Å². The van der Waals surface area contributed by atoms with Gasteiger partial charge in [-0.1, -0.05) is 17.7 Å². The molecule has 19 heavy (non-hydrogen) atoms. The second-order valence-electron chi connectivity index (χ2n) is 4.96. The molecule has 0 N–H and O–H groups in total. The largest absolute Gasteiger partial charge is 0.379 e. The lowest BCUT2D eigenvalue weighted by Crippen LogP contribution is -2.38. The predicted molar refractivity (Wildman–Crippen MR) is 69.5 cm³/mol. The zero-order valence-corrected chi connectivity index (χ0v) is 11.3. The standard InChI is InChI=1S/C14H21F2NO2/c1-11-10-12(2-3-13(11)14(15)16)19-9-6-17-4-7-18-8-5-17/h2-3,12,14H,4-10H2,1H3. The summed E-state index contributed by atoms with van der Waals surface area (Å²) in [6, 6.07) is 0. The molecule has 2 rings (SSSR count). The number of allylic oxidation sites excluding steroid dienone is 2. The molecule has 0 saturated carbocycles. The number of morpholine rings is 1. The van der Waals surface area contributed by atoms with E-state index in [1.165, 1.54) is 6.08 Å². The summed E-state index contributed by atoms with van der Waals surface area (Å²) in [6.45, 7) is 6.70. The Kier molecular flexibility index (Phi) is 5.48. The Hall–Kier alpha value is -0.780. The minimum absolute atomic E-state index is 0.0662. The molecule has 1 aliphatic heterocycles. The third-order valence-corrected chi connectivity index (χ3v) is 3.57. The zero-order chi connectivity index (χ0) is 13.7. The second kappa shape index (κ2) is 7.12. The van der Waals surface area contributed by atoms with Crippen molar-refractivity contribution in [1.82, 2.24) is 4.90 Å². The fourth-order valence-corrected chi connectivity index (χ4v) is 2.37. The summed E-state index contributed by atoms with van der Waals surface area (Å²) in [7, 11) is 0. The summed E-state index contributed by atoms with van der Waals surface area (Å²) in [5, 5.41) is 0. The molecule has 1 aliphatic carbocycles. The molecule has 1 fully saturated rings. The van der Waals surface area contributed by atoms with E-state index < -0.39 is 6.43 Å². The van der Waals surface area contributed by atoms with Crippen molar-refractivity contribution in [2.75, 3.05) is 39.5 Å². The summed E-state index contributed by atoms with van der Waals surface area (Å²) in [5.41, 5.74) is 0.877. The highest BCUT2D eigenvalue weighted by molar-refractivity contribution is 5.32. The van der Waals surface area contributed by atoms with E-state index >= 15 is 0 Å². The van der Waals surface area contributed by atoms with Gasteiger partial charge in [-0.3, -0.25) is 4.90 Å². The van der Waals surface area contributed by atoms with E-state index in [-0.39, 0.29) is 11.7 Å². The topological polar surface area (TPSA) is 21.7 Å². The smallest absolute Gasteiger partial charge is 0.263 e. The molecule has 1 atom stereocenters. The van der Waals surface area contributed by atoms with Crippen molar-refractivity contribution in [3.63, 3.8) is 0 Å². The zero-order valence-electron chi connectivity index (χ0n) is 11.3. The normalized spacial score (nSPS) is 25.4. The first kappa shape index (κ1) is 14.6. The van der Waals surface area contributed by atoms with Crippen molar-refractivity contribution >= 4 is 0 Å². The van der Waals surface area contributed by atoms with E-state index in [1.807, 2.05) is 0 Å². The number of ether oxygens (including phenoxy) is 2. The SMILES string of the molecule is CC1=C(C(F)F)C=CC(OCCN2CCOCC2)C1. The van der Waals surface area contributed by atoms with Crippen molar-refractivity contribution in [3.05, 3.63) is 23.3 Å². The molecular formula is C14H21F2NO2. The molecule has 1 saturated heterocycles. The monoisotopic (exact) mass is 273 g/mol. The van der Waals surface area contributed by atoms with Crippen LogP contribution in [0.4, 0.5) is 8.78 Å². The van der Waals surface area contributed by atoms with E-state index in [2.05, 4.69) is 4.90 Å². The average molecular weight is 273 g/mol. The molecule has 0 aromatic carbocycles. The van der Waals surface area contributed by atoms with Crippen molar-refractivity contribution < 1.29 is 18.3 Å². The molecule has 0 spiro atoms. The van der Waals surface area contributed by atoms with E-state index in [9.17, 15) is 8.78 Å². The van der Waals surface area contributed by atoms with Gasteiger partial charge in [0.2, 0.25) is 0 Å². The van der Waals surface area contributed by atoms with Gasteiger partial charge in [0.15, 0.2) is 0 Å². The first-order valence-corrected chi connectivity index (χ1v) is 6.74. The maximum absolute atomic E-state index is 12.6. The van der Waals surface area contributed by atoms with Crippen LogP contribution < -0.4 is 0 Å². The van der Waals surface area contributed by atoms with Crippen LogP contribution in [0.5, 0.6) is 0 Å². The number of alkyl halides is 2. The molecule has 0 aromatic heterocycles. The molecule has 3 nitrogen and oxygen atoms in total. The van der Waals surface area contributed by atoms with Crippen LogP contribution in [0.3, 0.4) is 0 Å². The molecule has 0 bridgehead atoms. The fourth-order valence-electron chi connectivity index (χ4n) is 2.37.